The lowest BCUT2D eigenvalue weighted by Gasteiger charge is -2.34. The number of hydrogen-bond acceptors (Lipinski definition) is 6. The van der Waals surface area contributed by atoms with E-state index in [1.807, 2.05) is 41.3 Å². The molecule has 7 nitrogen and oxygen atoms in total. The first-order valence-electron chi connectivity index (χ1n) is 9.47. The van der Waals surface area contributed by atoms with Gasteiger partial charge in [0, 0.05) is 31.7 Å². The average Bonchev–Trinajstić information content (AvgIpc) is 2.79. The molecule has 2 heterocycles. The number of ether oxygens (including phenoxy) is 1. The smallest absolute Gasteiger partial charge is 0.246 e. The molecule has 0 amide bonds. The van der Waals surface area contributed by atoms with Crippen molar-refractivity contribution in [2.75, 3.05) is 38.2 Å². The van der Waals surface area contributed by atoms with Gasteiger partial charge in [-0.15, -0.1) is 10.2 Å². The highest BCUT2D eigenvalue weighted by molar-refractivity contribution is 7.89. The van der Waals surface area contributed by atoms with Gasteiger partial charge >= 0.3 is 0 Å². The van der Waals surface area contributed by atoms with Gasteiger partial charge < -0.3 is 9.64 Å². The third-order valence-electron chi connectivity index (χ3n) is 5.05. The number of aromatic nitrogens is 2. The van der Waals surface area contributed by atoms with Crippen molar-refractivity contribution in [2.24, 2.45) is 0 Å². The molecule has 1 aliphatic heterocycles. The number of nitrogens with zero attached hydrogens (tertiary/aromatic N) is 4. The molecule has 156 valence electrons. The lowest BCUT2D eigenvalue weighted by atomic mass is 10.1. The third-order valence-corrected chi connectivity index (χ3v) is 6.98. The number of benzene rings is 2. The van der Waals surface area contributed by atoms with E-state index in [4.69, 9.17) is 4.74 Å². The highest BCUT2D eigenvalue weighted by atomic mass is 32.2. The zero-order valence-electron chi connectivity index (χ0n) is 16.4. The van der Waals surface area contributed by atoms with Crippen molar-refractivity contribution in [1.82, 2.24) is 14.5 Å². The summed E-state index contributed by atoms with van der Waals surface area (Å²) in [5, 5.41) is 8.61. The number of halogens is 1. The Kier molecular flexibility index (Phi) is 5.65. The van der Waals surface area contributed by atoms with Gasteiger partial charge in [0.05, 0.1) is 12.8 Å². The Morgan fingerprint density at radius 2 is 1.60 bits per heavy atom. The lowest BCUT2D eigenvalue weighted by Crippen LogP contribution is -2.49. The van der Waals surface area contributed by atoms with Gasteiger partial charge in [0.15, 0.2) is 5.82 Å². The molecule has 3 aromatic rings. The highest BCUT2D eigenvalue weighted by Gasteiger charge is 2.30. The van der Waals surface area contributed by atoms with Crippen LogP contribution in [-0.4, -0.2) is 56.2 Å². The van der Waals surface area contributed by atoms with Gasteiger partial charge in [-0.2, -0.15) is 4.31 Å². The van der Waals surface area contributed by atoms with Crippen LogP contribution >= 0.6 is 0 Å². The van der Waals surface area contributed by atoms with Gasteiger partial charge in [0.1, 0.15) is 16.5 Å². The number of sulfonamides is 1. The number of anilines is 1. The summed E-state index contributed by atoms with van der Waals surface area (Å²) < 4.78 is 46.1. The first-order valence-corrected chi connectivity index (χ1v) is 10.9. The molecule has 1 aliphatic rings. The maximum Gasteiger partial charge on any atom is 0.246 e. The van der Waals surface area contributed by atoms with E-state index in [0.29, 0.717) is 30.4 Å². The Labute approximate surface area is 174 Å². The minimum atomic E-state index is -3.87. The number of rotatable bonds is 5. The molecule has 0 unspecified atom stereocenters. The van der Waals surface area contributed by atoms with Crippen LogP contribution in [0.15, 0.2) is 65.6 Å². The molecule has 0 radical (unpaired) electrons. The topological polar surface area (TPSA) is 75.6 Å². The van der Waals surface area contributed by atoms with Crippen molar-refractivity contribution < 1.29 is 17.5 Å². The van der Waals surface area contributed by atoms with Gasteiger partial charge in [-0.3, -0.25) is 0 Å². The molecule has 4 rings (SSSR count). The summed E-state index contributed by atoms with van der Waals surface area (Å²) in [7, 11) is -2.26. The first-order chi connectivity index (χ1) is 14.5. The number of hydrogen-bond donors (Lipinski definition) is 0. The van der Waals surface area contributed by atoms with Crippen LogP contribution < -0.4 is 9.64 Å². The molecule has 0 spiro atoms. The fraction of sp³-hybridized carbons (Fsp3) is 0.238. The quantitative estimate of drug-likeness (QED) is 0.622. The molecule has 0 atom stereocenters. The van der Waals surface area contributed by atoms with Crippen LogP contribution in [0.3, 0.4) is 0 Å². The standard InChI is InChI=1S/C21H21FN4O3S/c1-29-19-8-4-2-6-16(19)18-10-11-21(24-23-18)25-12-14-26(15-13-25)30(27,28)20-9-5-3-7-17(20)22/h2-11H,12-15H2,1H3. The van der Waals surface area contributed by atoms with Gasteiger partial charge in [0.25, 0.3) is 0 Å². The minimum absolute atomic E-state index is 0.243. The monoisotopic (exact) mass is 428 g/mol. The van der Waals surface area contributed by atoms with E-state index in [2.05, 4.69) is 10.2 Å². The van der Waals surface area contributed by atoms with Crippen LogP contribution in [0.2, 0.25) is 0 Å². The maximum atomic E-state index is 14.0. The first kappa shape index (κ1) is 20.2. The molecule has 0 bridgehead atoms. The van der Waals surface area contributed by atoms with Gasteiger partial charge in [-0.25, -0.2) is 12.8 Å². The summed E-state index contributed by atoms with van der Waals surface area (Å²) in [4.78, 5) is 1.67. The van der Waals surface area contributed by atoms with E-state index in [1.165, 1.54) is 22.5 Å². The Morgan fingerprint density at radius 3 is 2.27 bits per heavy atom. The zero-order valence-corrected chi connectivity index (χ0v) is 17.2. The zero-order chi connectivity index (χ0) is 21.1. The van der Waals surface area contributed by atoms with Crippen LogP contribution in [0.5, 0.6) is 5.75 Å². The summed E-state index contributed by atoms with van der Waals surface area (Å²) in [6.45, 7) is 1.37. The maximum absolute atomic E-state index is 14.0. The molecular formula is C21H21FN4O3S. The molecular weight excluding hydrogens is 407 g/mol. The molecule has 9 heteroatoms. The van der Waals surface area contributed by atoms with Crippen LogP contribution in [0.25, 0.3) is 11.3 Å². The van der Waals surface area contributed by atoms with Crippen molar-refractivity contribution in [1.29, 1.82) is 0 Å². The molecule has 0 saturated carbocycles. The second-order valence-electron chi connectivity index (χ2n) is 6.80. The molecule has 0 aliphatic carbocycles. The molecule has 1 fully saturated rings. The predicted molar refractivity (Wildman–Crippen MR) is 111 cm³/mol. The van der Waals surface area contributed by atoms with Crippen molar-refractivity contribution in [3.8, 4) is 17.0 Å². The van der Waals surface area contributed by atoms with Crippen LogP contribution in [0.4, 0.5) is 10.2 Å². The molecule has 2 aromatic carbocycles. The summed E-state index contributed by atoms with van der Waals surface area (Å²) in [6.07, 6.45) is 0. The van der Waals surface area contributed by atoms with E-state index in [0.717, 1.165) is 11.6 Å². The largest absolute Gasteiger partial charge is 0.496 e. The van der Waals surface area contributed by atoms with E-state index in [1.54, 1.807) is 7.11 Å². The Balaban J connectivity index is 1.46. The van der Waals surface area contributed by atoms with Crippen LogP contribution in [0, 0.1) is 5.82 Å². The summed E-state index contributed by atoms with van der Waals surface area (Å²) in [5.74, 6) is 0.640. The fourth-order valence-corrected chi connectivity index (χ4v) is 4.93. The highest BCUT2D eigenvalue weighted by Crippen LogP contribution is 2.28. The summed E-state index contributed by atoms with van der Waals surface area (Å²) in [6, 6.07) is 16.7. The van der Waals surface area contributed by atoms with E-state index < -0.39 is 15.8 Å². The second kappa shape index (κ2) is 8.37. The van der Waals surface area contributed by atoms with Crippen molar-refractivity contribution in [3.63, 3.8) is 0 Å². The number of piperazine rings is 1. The molecule has 1 saturated heterocycles. The SMILES string of the molecule is COc1ccccc1-c1ccc(N2CCN(S(=O)(=O)c3ccccc3F)CC2)nn1. The minimum Gasteiger partial charge on any atom is -0.496 e. The summed E-state index contributed by atoms with van der Waals surface area (Å²) >= 11 is 0. The normalized spacial score (nSPS) is 15.2. The second-order valence-corrected chi connectivity index (χ2v) is 8.70. The molecule has 1 aromatic heterocycles. The Bertz CT molecular complexity index is 1130. The van der Waals surface area contributed by atoms with E-state index in [9.17, 15) is 12.8 Å². The average molecular weight is 428 g/mol. The molecule has 30 heavy (non-hydrogen) atoms. The van der Waals surface area contributed by atoms with Gasteiger partial charge in [-0.1, -0.05) is 24.3 Å². The van der Waals surface area contributed by atoms with Crippen LogP contribution in [0.1, 0.15) is 0 Å². The number of methoxy groups -OCH3 is 1. The van der Waals surface area contributed by atoms with E-state index in [-0.39, 0.29) is 18.0 Å². The van der Waals surface area contributed by atoms with Crippen molar-refractivity contribution in [3.05, 3.63) is 66.5 Å². The molecule has 0 N–H and O–H groups in total. The Hall–Kier alpha value is -3.04. The third kappa shape index (κ3) is 3.86. The Morgan fingerprint density at radius 1 is 0.900 bits per heavy atom. The summed E-state index contributed by atoms with van der Waals surface area (Å²) in [5.41, 5.74) is 1.54. The van der Waals surface area contributed by atoms with Crippen molar-refractivity contribution >= 4 is 15.8 Å². The lowest BCUT2D eigenvalue weighted by molar-refractivity contribution is 0.381. The van der Waals surface area contributed by atoms with Crippen molar-refractivity contribution in [2.45, 2.75) is 4.90 Å². The fourth-order valence-electron chi connectivity index (χ4n) is 3.44. The predicted octanol–water partition coefficient (Wildman–Crippen LogP) is 2.80. The van der Waals surface area contributed by atoms with Gasteiger partial charge in [0.2, 0.25) is 10.0 Å². The van der Waals surface area contributed by atoms with Crippen LogP contribution in [-0.2, 0) is 10.0 Å². The van der Waals surface area contributed by atoms with E-state index >= 15 is 0 Å². The van der Waals surface area contributed by atoms with Gasteiger partial charge in [-0.05, 0) is 36.4 Å². The number of para-hydroxylation sites is 1.